The Balaban J connectivity index is 2.07. The van der Waals surface area contributed by atoms with E-state index in [-0.39, 0.29) is 11.3 Å². The Morgan fingerprint density at radius 3 is 2.24 bits per heavy atom. The van der Waals surface area contributed by atoms with Crippen LogP contribution in [0.2, 0.25) is 0 Å². The van der Waals surface area contributed by atoms with Gasteiger partial charge in [0.2, 0.25) is 0 Å². The van der Waals surface area contributed by atoms with E-state index in [9.17, 15) is 19.7 Å². The molecule has 0 unspecified atom stereocenters. The van der Waals surface area contributed by atoms with Crippen LogP contribution in [0.4, 0.5) is 16.2 Å². The highest BCUT2D eigenvalue weighted by Crippen LogP contribution is 2.35. The fraction of sp³-hybridized carbons (Fsp3) is 0.200. The van der Waals surface area contributed by atoms with E-state index in [0.717, 1.165) is 0 Å². The van der Waals surface area contributed by atoms with Crippen LogP contribution in [0.3, 0.4) is 0 Å². The van der Waals surface area contributed by atoms with Gasteiger partial charge in [-0.25, -0.2) is 9.59 Å². The number of esters is 1. The highest BCUT2D eigenvalue weighted by molar-refractivity contribution is 6.03. The third-order valence-electron chi connectivity index (χ3n) is 4.66. The molecule has 0 fully saturated rings. The van der Waals surface area contributed by atoms with Crippen LogP contribution in [0.1, 0.15) is 18.5 Å². The van der Waals surface area contributed by atoms with Gasteiger partial charge in [0.1, 0.15) is 5.75 Å². The largest absolute Gasteiger partial charge is 0.497 e. The van der Waals surface area contributed by atoms with Gasteiger partial charge in [0, 0.05) is 17.8 Å². The maximum atomic E-state index is 12.9. The zero-order valence-electron chi connectivity index (χ0n) is 16.0. The molecule has 0 bridgehead atoms. The molecule has 1 heterocycles. The van der Waals surface area contributed by atoms with Crippen molar-refractivity contribution in [3.05, 3.63) is 75.5 Å². The second-order valence-electron chi connectivity index (χ2n) is 6.26. The number of carbonyl (C=O) groups excluding carboxylic acids is 2. The quantitative estimate of drug-likeness (QED) is 0.471. The van der Waals surface area contributed by atoms with E-state index in [0.29, 0.717) is 22.7 Å². The predicted molar refractivity (Wildman–Crippen MR) is 105 cm³/mol. The topological polar surface area (TPSA) is 111 Å². The minimum atomic E-state index is -0.801. The third-order valence-corrected chi connectivity index (χ3v) is 4.66. The van der Waals surface area contributed by atoms with E-state index in [1.807, 2.05) is 0 Å². The number of benzene rings is 2. The molecule has 0 spiro atoms. The highest BCUT2D eigenvalue weighted by atomic mass is 16.6. The molecule has 1 aliphatic rings. The molecule has 0 radical (unpaired) electrons. The summed E-state index contributed by atoms with van der Waals surface area (Å²) in [5.74, 6) is 0.0223. The second-order valence-corrected chi connectivity index (χ2v) is 6.26. The maximum absolute atomic E-state index is 12.9. The number of urea groups is 1. The van der Waals surface area contributed by atoms with Gasteiger partial charge in [-0.05, 0) is 48.9 Å². The molecule has 1 N–H and O–H groups in total. The van der Waals surface area contributed by atoms with Crippen molar-refractivity contribution in [2.75, 3.05) is 19.1 Å². The first-order chi connectivity index (χ1) is 13.9. The Bertz CT molecular complexity index is 982. The summed E-state index contributed by atoms with van der Waals surface area (Å²) in [4.78, 5) is 37.1. The summed E-state index contributed by atoms with van der Waals surface area (Å²) >= 11 is 0. The zero-order chi connectivity index (χ0) is 21.1. The summed E-state index contributed by atoms with van der Waals surface area (Å²) in [6, 6.07) is 11.2. The molecule has 9 heteroatoms. The predicted octanol–water partition coefficient (Wildman–Crippen LogP) is 3.32. The van der Waals surface area contributed by atoms with Crippen LogP contribution < -0.4 is 15.0 Å². The zero-order valence-corrected chi connectivity index (χ0v) is 16.0. The molecule has 0 saturated heterocycles. The van der Waals surface area contributed by atoms with E-state index in [2.05, 4.69) is 5.32 Å². The van der Waals surface area contributed by atoms with Crippen molar-refractivity contribution in [1.82, 2.24) is 5.32 Å². The Labute approximate surface area is 166 Å². The first-order valence-electron chi connectivity index (χ1n) is 8.65. The number of hydrogen-bond acceptors (Lipinski definition) is 6. The fourth-order valence-corrected chi connectivity index (χ4v) is 3.20. The number of nitrogens with one attached hydrogen (secondary N) is 1. The average molecular weight is 397 g/mol. The number of nitro benzene ring substituents is 1. The number of non-ortho nitro benzene ring substituents is 1. The van der Waals surface area contributed by atoms with Crippen molar-refractivity contribution in [1.29, 1.82) is 0 Å². The van der Waals surface area contributed by atoms with E-state index in [4.69, 9.17) is 9.47 Å². The number of hydrogen-bond donors (Lipinski definition) is 1. The average Bonchev–Trinajstić information content (AvgIpc) is 2.73. The second kappa shape index (κ2) is 8.01. The van der Waals surface area contributed by atoms with Gasteiger partial charge in [-0.2, -0.15) is 0 Å². The molecule has 1 atom stereocenters. The van der Waals surface area contributed by atoms with Gasteiger partial charge in [-0.15, -0.1) is 0 Å². The Hall–Kier alpha value is -3.88. The standard InChI is InChI=1S/C20H19N3O6/c1-12-17(19(24)29-3)18(13-4-6-15(7-5-13)23(26)27)21-20(25)22(12)14-8-10-16(28-2)11-9-14/h4-11,18H,1-3H3,(H,21,25)/t18-/m1/s1. The van der Waals surface area contributed by atoms with Crippen LogP contribution in [0.25, 0.3) is 0 Å². The van der Waals surface area contributed by atoms with Gasteiger partial charge in [0.15, 0.2) is 0 Å². The summed E-state index contributed by atoms with van der Waals surface area (Å²) in [6.45, 7) is 1.65. The first kappa shape index (κ1) is 19.9. The summed E-state index contributed by atoms with van der Waals surface area (Å²) in [5.41, 5.74) is 1.62. The van der Waals surface area contributed by atoms with Crippen LogP contribution in [-0.2, 0) is 9.53 Å². The fourth-order valence-electron chi connectivity index (χ4n) is 3.20. The lowest BCUT2D eigenvalue weighted by molar-refractivity contribution is -0.384. The minimum Gasteiger partial charge on any atom is -0.497 e. The van der Waals surface area contributed by atoms with Crippen molar-refractivity contribution >= 4 is 23.4 Å². The lowest BCUT2D eigenvalue weighted by Gasteiger charge is -2.35. The summed E-state index contributed by atoms with van der Waals surface area (Å²) in [7, 11) is 2.79. The number of methoxy groups -OCH3 is 2. The molecule has 1 aliphatic heterocycles. The molecule has 0 aromatic heterocycles. The smallest absolute Gasteiger partial charge is 0.337 e. The molecular formula is C20H19N3O6. The summed E-state index contributed by atoms with van der Waals surface area (Å²) < 4.78 is 10.1. The van der Waals surface area contributed by atoms with E-state index >= 15 is 0 Å². The Kier molecular flexibility index (Phi) is 5.49. The lowest BCUT2D eigenvalue weighted by Crippen LogP contribution is -2.48. The van der Waals surface area contributed by atoms with Gasteiger partial charge < -0.3 is 14.8 Å². The molecule has 150 valence electrons. The molecule has 2 aromatic carbocycles. The molecular weight excluding hydrogens is 378 g/mol. The highest BCUT2D eigenvalue weighted by Gasteiger charge is 2.37. The van der Waals surface area contributed by atoms with Crippen LogP contribution in [0.15, 0.2) is 59.8 Å². The van der Waals surface area contributed by atoms with Gasteiger partial charge in [-0.1, -0.05) is 0 Å². The molecule has 2 aromatic rings. The van der Waals surface area contributed by atoms with Crippen LogP contribution in [-0.4, -0.2) is 31.1 Å². The minimum absolute atomic E-state index is 0.0870. The summed E-state index contributed by atoms with van der Waals surface area (Å²) in [5, 5.41) is 13.7. The SMILES string of the molecule is COC(=O)C1=C(C)N(c2ccc(OC)cc2)C(=O)N[C@@H]1c1ccc([N+](=O)[O-])cc1. The van der Waals surface area contributed by atoms with Crippen LogP contribution >= 0.6 is 0 Å². The van der Waals surface area contributed by atoms with Gasteiger partial charge in [0.05, 0.1) is 36.4 Å². The number of anilines is 1. The first-order valence-corrected chi connectivity index (χ1v) is 8.65. The van der Waals surface area contributed by atoms with Crippen molar-refractivity contribution in [3.8, 4) is 5.75 Å². The Morgan fingerprint density at radius 1 is 1.10 bits per heavy atom. The number of allylic oxidation sites excluding steroid dienone is 1. The van der Waals surface area contributed by atoms with E-state index in [1.165, 1.54) is 43.4 Å². The van der Waals surface area contributed by atoms with Crippen molar-refractivity contribution < 1.29 is 24.0 Å². The van der Waals surface area contributed by atoms with Gasteiger partial charge in [-0.3, -0.25) is 15.0 Å². The van der Waals surface area contributed by atoms with E-state index < -0.39 is 23.0 Å². The number of nitrogens with zero attached hydrogens (tertiary/aromatic N) is 2. The lowest BCUT2D eigenvalue weighted by atomic mass is 9.94. The Morgan fingerprint density at radius 2 is 1.72 bits per heavy atom. The van der Waals surface area contributed by atoms with Gasteiger partial charge >= 0.3 is 12.0 Å². The maximum Gasteiger partial charge on any atom is 0.337 e. The molecule has 2 amide bonds. The van der Waals surface area contributed by atoms with Crippen LogP contribution in [0.5, 0.6) is 5.75 Å². The molecule has 9 nitrogen and oxygen atoms in total. The van der Waals surface area contributed by atoms with Gasteiger partial charge in [0.25, 0.3) is 5.69 Å². The monoisotopic (exact) mass is 397 g/mol. The number of carbonyl (C=O) groups is 2. The van der Waals surface area contributed by atoms with Crippen molar-refractivity contribution in [2.24, 2.45) is 0 Å². The molecule has 3 rings (SSSR count). The van der Waals surface area contributed by atoms with Crippen LogP contribution in [0, 0.1) is 10.1 Å². The molecule has 0 aliphatic carbocycles. The molecule has 0 saturated carbocycles. The number of nitro groups is 1. The normalized spacial score (nSPS) is 16.3. The summed E-state index contributed by atoms with van der Waals surface area (Å²) in [6.07, 6.45) is 0. The van der Waals surface area contributed by atoms with Crippen molar-refractivity contribution in [2.45, 2.75) is 13.0 Å². The number of rotatable bonds is 5. The van der Waals surface area contributed by atoms with Crippen molar-refractivity contribution in [3.63, 3.8) is 0 Å². The third kappa shape index (κ3) is 3.75. The molecule has 29 heavy (non-hydrogen) atoms. The number of amides is 2. The van der Waals surface area contributed by atoms with E-state index in [1.54, 1.807) is 31.2 Å². The number of ether oxygens (including phenoxy) is 2.